The van der Waals surface area contributed by atoms with Crippen LogP contribution in [0.3, 0.4) is 0 Å². The number of rotatable bonds is 8. The zero-order chi connectivity index (χ0) is 15.5. The lowest BCUT2D eigenvalue weighted by Gasteiger charge is -2.20. The Hall–Kier alpha value is -0.650. The Morgan fingerprint density at radius 1 is 1.38 bits per heavy atom. The molecule has 1 aliphatic carbocycles. The van der Waals surface area contributed by atoms with Gasteiger partial charge in [0, 0.05) is 43.1 Å². The van der Waals surface area contributed by atoms with E-state index >= 15 is 0 Å². The van der Waals surface area contributed by atoms with Crippen molar-refractivity contribution in [1.29, 1.82) is 0 Å². The molecule has 0 bridgehead atoms. The number of thiazole rings is 1. The van der Waals surface area contributed by atoms with Crippen molar-refractivity contribution < 1.29 is 4.74 Å². The second kappa shape index (κ2) is 7.07. The van der Waals surface area contributed by atoms with Crippen LogP contribution in [0.1, 0.15) is 51.1 Å². The Labute approximate surface area is 132 Å². The molecule has 0 atom stereocenters. The third-order valence-corrected chi connectivity index (χ3v) is 4.86. The monoisotopic (exact) mass is 311 g/mol. The molecular formula is C16H29N3OS. The smallest absolute Gasteiger partial charge is 0.185 e. The maximum atomic E-state index is 5.21. The number of methoxy groups -OCH3 is 1. The number of ether oxygens (including phenoxy) is 1. The summed E-state index contributed by atoms with van der Waals surface area (Å²) in [5.74, 6) is 0. The van der Waals surface area contributed by atoms with Crippen molar-refractivity contribution in [3.8, 4) is 0 Å². The topological polar surface area (TPSA) is 37.4 Å². The third kappa shape index (κ3) is 4.66. The van der Waals surface area contributed by atoms with Crippen molar-refractivity contribution in [2.45, 2.75) is 58.5 Å². The SMILES string of the molecule is CCN(CCOC)c1nc(C(C)(C)C)c(CNC2CC2)s1. The van der Waals surface area contributed by atoms with Crippen LogP contribution in [0.5, 0.6) is 0 Å². The van der Waals surface area contributed by atoms with E-state index in [1.165, 1.54) is 23.4 Å². The number of anilines is 1. The maximum absolute atomic E-state index is 5.21. The van der Waals surface area contributed by atoms with Crippen LogP contribution in [0.15, 0.2) is 0 Å². The summed E-state index contributed by atoms with van der Waals surface area (Å²) in [6.45, 7) is 12.5. The highest BCUT2D eigenvalue weighted by Crippen LogP contribution is 2.34. The lowest BCUT2D eigenvalue weighted by atomic mass is 9.91. The summed E-state index contributed by atoms with van der Waals surface area (Å²) in [5.41, 5.74) is 1.34. The van der Waals surface area contributed by atoms with Gasteiger partial charge >= 0.3 is 0 Å². The van der Waals surface area contributed by atoms with Crippen molar-refractivity contribution >= 4 is 16.5 Å². The predicted molar refractivity (Wildman–Crippen MR) is 90.4 cm³/mol. The van der Waals surface area contributed by atoms with E-state index in [4.69, 9.17) is 9.72 Å². The molecule has 0 unspecified atom stereocenters. The van der Waals surface area contributed by atoms with Crippen LogP contribution in [0, 0.1) is 0 Å². The fourth-order valence-electron chi connectivity index (χ4n) is 2.30. The number of hydrogen-bond donors (Lipinski definition) is 1. The Balaban J connectivity index is 2.16. The lowest BCUT2D eigenvalue weighted by molar-refractivity contribution is 0.205. The predicted octanol–water partition coefficient (Wildman–Crippen LogP) is 3.17. The minimum atomic E-state index is 0.0932. The Morgan fingerprint density at radius 2 is 2.10 bits per heavy atom. The zero-order valence-corrected chi connectivity index (χ0v) is 14.8. The largest absolute Gasteiger partial charge is 0.383 e. The number of likely N-dealkylation sites (N-methyl/N-ethyl adjacent to an activating group) is 1. The van der Waals surface area contributed by atoms with Crippen LogP contribution in [0.25, 0.3) is 0 Å². The average Bonchev–Trinajstić information content (AvgIpc) is 3.15. The van der Waals surface area contributed by atoms with Crippen LogP contribution >= 0.6 is 11.3 Å². The summed E-state index contributed by atoms with van der Waals surface area (Å²) < 4.78 is 5.21. The van der Waals surface area contributed by atoms with Gasteiger partial charge in [0.15, 0.2) is 5.13 Å². The molecule has 1 saturated carbocycles. The number of nitrogens with zero attached hydrogens (tertiary/aromatic N) is 2. The highest BCUT2D eigenvalue weighted by Gasteiger charge is 2.26. The summed E-state index contributed by atoms with van der Waals surface area (Å²) >= 11 is 1.84. The van der Waals surface area contributed by atoms with Gasteiger partial charge in [-0.3, -0.25) is 0 Å². The van der Waals surface area contributed by atoms with E-state index < -0.39 is 0 Å². The molecule has 0 aromatic carbocycles. The van der Waals surface area contributed by atoms with E-state index in [-0.39, 0.29) is 5.41 Å². The highest BCUT2D eigenvalue weighted by molar-refractivity contribution is 7.15. The first-order valence-electron chi connectivity index (χ1n) is 7.93. The molecule has 5 heteroatoms. The molecule has 0 radical (unpaired) electrons. The molecule has 1 heterocycles. The van der Waals surface area contributed by atoms with Crippen LogP contribution in [0.4, 0.5) is 5.13 Å². The molecule has 1 N–H and O–H groups in total. The van der Waals surface area contributed by atoms with Gasteiger partial charge in [0.25, 0.3) is 0 Å². The normalized spacial score (nSPS) is 15.5. The van der Waals surface area contributed by atoms with Crippen LogP contribution in [-0.4, -0.2) is 37.8 Å². The standard InChI is InChI=1S/C16H29N3OS/c1-6-19(9-10-20-5)15-18-14(16(2,3)4)13(21-15)11-17-12-7-8-12/h12,17H,6-11H2,1-5H3. The number of hydrogen-bond acceptors (Lipinski definition) is 5. The summed E-state index contributed by atoms with van der Waals surface area (Å²) in [4.78, 5) is 8.65. The quantitative estimate of drug-likeness (QED) is 0.800. The summed E-state index contributed by atoms with van der Waals surface area (Å²) in [7, 11) is 1.75. The molecule has 21 heavy (non-hydrogen) atoms. The van der Waals surface area contributed by atoms with Crippen LogP contribution in [-0.2, 0) is 16.7 Å². The van der Waals surface area contributed by atoms with Gasteiger partial charge in [0.1, 0.15) is 0 Å². The van der Waals surface area contributed by atoms with Crippen molar-refractivity contribution in [2.24, 2.45) is 0 Å². The third-order valence-electron chi connectivity index (χ3n) is 3.74. The second-order valence-electron chi connectivity index (χ2n) is 6.75. The maximum Gasteiger partial charge on any atom is 0.185 e. The molecule has 0 spiro atoms. The van der Waals surface area contributed by atoms with E-state index in [9.17, 15) is 0 Å². The fraction of sp³-hybridized carbons (Fsp3) is 0.812. The lowest BCUT2D eigenvalue weighted by Crippen LogP contribution is -2.27. The molecule has 1 aliphatic rings. The Bertz CT molecular complexity index is 449. The molecule has 0 aliphatic heterocycles. The van der Waals surface area contributed by atoms with Gasteiger partial charge < -0.3 is 15.0 Å². The van der Waals surface area contributed by atoms with Gasteiger partial charge in [-0.05, 0) is 19.8 Å². The van der Waals surface area contributed by atoms with Crippen LogP contribution in [0.2, 0.25) is 0 Å². The van der Waals surface area contributed by atoms with Crippen molar-refractivity contribution in [3.63, 3.8) is 0 Å². The Morgan fingerprint density at radius 3 is 2.62 bits per heavy atom. The van der Waals surface area contributed by atoms with Gasteiger partial charge in [-0.15, -0.1) is 11.3 Å². The molecule has 1 fully saturated rings. The minimum Gasteiger partial charge on any atom is -0.383 e. The van der Waals surface area contributed by atoms with Gasteiger partial charge in [-0.25, -0.2) is 4.98 Å². The van der Waals surface area contributed by atoms with Crippen LogP contribution < -0.4 is 10.2 Å². The Kier molecular flexibility index (Phi) is 5.63. The number of aromatic nitrogens is 1. The number of nitrogens with one attached hydrogen (secondary N) is 1. The molecule has 4 nitrogen and oxygen atoms in total. The molecule has 1 aromatic rings. The average molecular weight is 311 g/mol. The van der Waals surface area contributed by atoms with E-state index in [1.807, 2.05) is 11.3 Å². The summed E-state index contributed by atoms with van der Waals surface area (Å²) in [6, 6.07) is 0.735. The minimum absolute atomic E-state index is 0.0932. The molecule has 0 saturated heterocycles. The van der Waals surface area contributed by atoms with E-state index in [1.54, 1.807) is 7.11 Å². The van der Waals surface area contributed by atoms with Gasteiger partial charge in [-0.2, -0.15) is 0 Å². The first-order valence-corrected chi connectivity index (χ1v) is 8.74. The zero-order valence-electron chi connectivity index (χ0n) is 14.0. The summed E-state index contributed by atoms with van der Waals surface area (Å²) in [5, 5.41) is 4.76. The second-order valence-corrected chi connectivity index (χ2v) is 7.81. The van der Waals surface area contributed by atoms with E-state index in [2.05, 4.69) is 37.9 Å². The van der Waals surface area contributed by atoms with E-state index in [0.717, 1.165) is 37.4 Å². The summed E-state index contributed by atoms with van der Waals surface area (Å²) in [6.07, 6.45) is 2.65. The first kappa shape index (κ1) is 16.7. The van der Waals surface area contributed by atoms with Crippen molar-refractivity contribution in [1.82, 2.24) is 10.3 Å². The fourth-order valence-corrected chi connectivity index (χ4v) is 3.61. The molecule has 120 valence electrons. The molecule has 0 amide bonds. The molecular weight excluding hydrogens is 282 g/mol. The van der Waals surface area contributed by atoms with Gasteiger partial charge in [0.2, 0.25) is 0 Å². The first-order chi connectivity index (χ1) is 9.95. The molecule has 1 aromatic heterocycles. The van der Waals surface area contributed by atoms with Gasteiger partial charge in [-0.1, -0.05) is 20.8 Å². The van der Waals surface area contributed by atoms with Gasteiger partial charge in [0.05, 0.1) is 12.3 Å². The van der Waals surface area contributed by atoms with Crippen molar-refractivity contribution in [3.05, 3.63) is 10.6 Å². The highest BCUT2D eigenvalue weighted by atomic mass is 32.1. The van der Waals surface area contributed by atoms with Crippen molar-refractivity contribution in [2.75, 3.05) is 31.7 Å². The van der Waals surface area contributed by atoms with E-state index in [0.29, 0.717) is 0 Å². The molecule has 2 rings (SSSR count).